The summed E-state index contributed by atoms with van der Waals surface area (Å²) in [4.78, 5) is 46.9. The Morgan fingerprint density at radius 2 is 2.05 bits per heavy atom. The minimum atomic E-state index is -0.554. The number of oxime groups is 1. The van der Waals surface area contributed by atoms with Gasteiger partial charge in [0, 0.05) is 42.9 Å². The largest absolute Gasteiger partial charge is 0.462 e. The molecule has 0 radical (unpaired) electrons. The molecule has 0 saturated carbocycles. The van der Waals surface area contributed by atoms with Gasteiger partial charge in [-0.2, -0.15) is 0 Å². The number of nitrogens with one attached hydrogen (secondary N) is 1. The number of carbonyl (C=O) groups excluding carboxylic acids is 3. The lowest BCUT2D eigenvalue weighted by Crippen LogP contribution is -2.26. The van der Waals surface area contributed by atoms with E-state index in [4.69, 9.17) is 19.0 Å². The van der Waals surface area contributed by atoms with Crippen LogP contribution in [-0.4, -0.2) is 82.4 Å². The Balaban J connectivity index is 1.07. The van der Waals surface area contributed by atoms with Crippen molar-refractivity contribution in [3.05, 3.63) is 60.4 Å². The molecule has 2 aromatic heterocycles. The fourth-order valence-corrected chi connectivity index (χ4v) is 4.69. The number of alkyl carbamates (subject to hydrolysis) is 1. The maximum Gasteiger partial charge on any atom is 0.414 e. The predicted molar refractivity (Wildman–Crippen MR) is 153 cm³/mol. The van der Waals surface area contributed by atoms with Crippen LogP contribution in [0.25, 0.3) is 11.1 Å². The Morgan fingerprint density at radius 1 is 1.16 bits per heavy atom. The number of hydrogen-bond donors (Lipinski definition) is 1. The van der Waals surface area contributed by atoms with Gasteiger partial charge in [-0.15, -0.1) is 5.10 Å². The van der Waals surface area contributed by atoms with Gasteiger partial charge in [0.25, 0.3) is 0 Å². The lowest BCUT2D eigenvalue weighted by atomic mass is 10.0. The summed E-state index contributed by atoms with van der Waals surface area (Å²) in [5.41, 5.74) is 2.41. The fourth-order valence-electron chi connectivity index (χ4n) is 4.69. The number of amides is 2. The summed E-state index contributed by atoms with van der Waals surface area (Å²) in [5.74, 6) is -0.870. The molecule has 44 heavy (non-hydrogen) atoms. The molecular formula is C29H32FN7O7. The van der Waals surface area contributed by atoms with Crippen LogP contribution >= 0.6 is 0 Å². The highest BCUT2D eigenvalue weighted by Crippen LogP contribution is 2.29. The standard InChI is InChI=1S/C29H32FN7O7/c1-2-41-28(39)31-10-4-3-5-27(38)42-18-21-14-26(34-44-21)25-9-6-19(15-32-25)23-8-7-20(13-24(23)30)37-17-22(43-29(37)40)16-36-12-11-33-35-36/h6-9,11-13,15,21-22H,2-5,10,14,16-18H2,1H3,(H,31,39)/t21?,22-/m0/s1. The van der Waals surface area contributed by atoms with Crippen LogP contribution in [0.4, 0.5) is 19.7 Å². The minimum Gasteiger partial charge on any atom is -0.462 e. The zero-order chi connectivity index (χ0) is 30.9. The molecule has 0 bridgehead atoms. The lowest BCUT2D eigenvalue weighted by Gasteiger charge is -2.14. The second-order valence-electron chi connectivity index (χ2n) is 10.1. The molecule has 5 rings (SSSR count). The highest BCUT2D eigenvalue weighted by atomic mass is 19.1. The van der Waals surface area contributed by atoms with Crippen LogP contribution in [0, 0.1) is 5.82 Å². The number of unbranched alkanes of at least 4 members (excludes halogenated alkanes) is 1. The summed E-state index contributed by atoms with van der Waals surface area (Å²) < 4.78 is 32.2. The molecule has 2 aliphatic heterocycles. The van der Waals surface area contributed by atoms with Gasteiger partial charge in [-0.1, -0.05) is 16.4 Å². The van der Waals surface area contributed by atoms with Crippen molar-refractivity contribution in [3.8, 4) is 11.1 Å². The van der Waals surface area contributed by atoms with Crippen molar-refractivity contribution in [2.75, 3.05) is 31.2 Å². The Labute approximate surface area is 252 Å². The van der Waals surface area contributed by atoms with E-state index in [2.05, 4.69) is 25.8 Å². The van der Waals surface area contributed by atoms with Gasteiger partial charge in [0.1, 0.15) is 24.2 Å². The molecule has 2 amide bonds. The van der Waals surface area contributed by atoms with E-state index >= 15 is 4.39 Å². The van der Waals surface area contributed by atoms with Gasteiger partial charge < -0.3 is 24.4 Å². The number of esters is 1. The molecule has 1 fully saturated rings. The van der Waals surface area contributed by atoms with Gasteiger partial charge in [0.05, 0.1) is 37.3 Å². The van der Waals surface area contributed by atoms with E-state index in [0.717, 1.165) is 0 Å². The van der Waals surface area contributed by atoms with Crippen LogP contribution in [0.1, 0.15) is 38.3 Å². The third-order valence-corrected chi connectivity index (χ3v) is 6.89. The number of halogens is 1. The molecule has 0 spiro atoms. The van der Waals surface area contributed by atoms with Crippen molar-refractivity contribution in [1.82, 2.24) is 25.3 Å². The Hall–Kier alpha value is -5.08. The average Bonchev–Trinajstić information content (AvgIpc) is 3.78. The molecular weight excluding hydrogens is 577 g/mol. The number of aromatic nitrogens is 4. The Morgan fingerprint density at radius 3 is 2.80 bits per heavy atom. The summed E-state index contributed by atoms with van der Waals surface area (Å²) >= 11 is 0. The molecule has 2 aliphatic rings. The molecule has 3 aromatic rings. The van der Waals surface area contributed by atoms with Crippen molar-refractivity contribution >= 4 is 29.6 Å². The summed E-state index contributed by atoms with van der Waals surface area (Å²) in [6, 6.07) is 7.99. The first kappa shape index (κ1) is 30.4. The first-order chi connectivity index (χ1) is 21.4. The number of ether oxygens (including phenoxy) is 3. The van der Waals surface area contributed by atoms with Crippen molar-refractivity contribution < 1.29 is 37.8 Å². The highest BCUT2D eigenvalue weighted by molar-refractivity contribution is 5.99. The second-order valence-corrected chi connectivity index (χ2v) is 10.1. The molecule has 0 aliphatic carbocycles. The molecule has 2 atom stereocenters. The van der Waals surface area contributed by atoms with Gasteiger partial charge >= 0.3 is 18.2 Å². The normalized spacial score (nSPS) is 17.5. The van der Waals surface area contributed by atoms with E-state index in [9.17, 15) is 14.4 Å². The van der Waals surface area contributed by atoms with Gasteiger partial charge in [0.15, 0.2) is 6.10 Å². The van der Waals surface area contributed by atoms with Crippen molar-refractivity contribution in [3.63, 3.8) is 0 Å². The smallest absolute Gasteiger partial charge is 0.414 e. The number of nitrogens with zero attached hydrogens (tertiary/aromatic N) is 6. The second kappa shape index (κ2) is 14.4. The van der Waals surface area contributed by atoms with Gasteiger partial charge in [-0.05, 0) is 44.0 Å². The van der Waals surface area contributed by atoms with E-state index < -0.39 is 30.2 Å². The van der Waals surface area contributed by atoms with E-state index in [1.54, 1.807) is 48.3 Å². The molecule has 15 heteroatoms. The number of cyclic esters (lactones) is 1. The summed E-state index contributed by atoms with van der Waals surface area (Å²) in [6.45, 7) is 3.10. The number of hydrogen-bond acceptors (Lipinski definition) is 11. The number of rotatable bonds is 13. The number of benzene rings is 1. The van der Waals surface area contributed by atoms with Crippen LogP contribution in [0.2, 0.25) is 0 Å². The lowest BCUT2D eigenvalue weighted by molar-refractivity contribution is -0.147. The van der Waals surface area contributed by atoms with Crippen molar-refractivity contribution in [2.24, 2.45) is 5.16 Å². The maximum atomic E-state index is 15.2. The van der Waals surface area contributed by atoms with E-state index in [0.29, 0.717) is 67.2 Å². The average molecular weight is 610 g/mol. The minimum absolute atomic E-state index is 0.0499. The topological polar surface area (TPSA) is 159 Å². The Bertz CT molecular complexity index is 1480. The summed E-state index contributed by atoms with van der Waals surface area (Å²) in [7, 11) is 0. The molecule has 4 heterocycles. The van der Waals surface area contributed by atoms with Crippen LogP contribution in [-0.2, 0) is 30.4 Å². The van der Waals surface area contributed by atoms with Crippen molar-refractivity contribution in [1.29, 1.82) is 0 Å². The molecule has 1 aromatic carbocycles. The predicted octanol–water partition coefficient (Wildman–Crippen LogP) is 3.46. The van der Waals surface area contributed by atoms with E-state index in [-0.39, 0.29) is 25.5 Å². The van der Waals surface area contributed by atoms with Crippen molar-refractivity contribution in [2.45, 2.75) is 51.4 Å². The first-order valence-corrected chi connectivity index (χ1v) is 14.3. The van der Waals surface area contributed by atoms with Gasteiger partial charge in [-0.3, -0.25) is 14.7 Å². The van der Waals surface area contributed by atoms with Gasteiger partial charge in [-0.25, -0.2) is 18.7 Å². The molecule has 1 unspecified atom stereocenters. The van der Waals surface area contributed by atoms with E-state index in [1.165, 1.54) is 17.2 Å². The number of carbonyl (C=O) groups is 3. The quantitative estimate of drug-likeness (QED) is 0.173. The molecule has 1 saturated heterocycles. The Kier molecular flexibility index (Phi) is 9.94. The molecule has 14 nitrogen and oxygen atoms in total. The number of pyridine rings is 1. The van der Waals surface area contributed by atoms with Crippen LogP contribution in [0.3, 0.4) is 0 Å². The SMILES string of the molecule is CCOC(=O)NCCCCC(=O)OCC1CC(c2ccc(-c3ccc(N4C[C@H](Cn5ccnn5)OC4=O)cc3F)cn2)=NO1. The molecule has 232 valence electrons. The van der Waals surface area contributed by atoms with E-state index in [1.807, 2.05) is 0 Å². The molecule has 1 N–H and O–H groups in total. The third-order valence-electron chi connectivity index (χ3n) is 6.89. The highest BCUT2D eigenvalue weighted by Gasteiger charge is 2.33. The van der Waals surface area contributed by atoms with Crippen LogP contribution in [0.15, 0.2) is 54.1 Å². The third kappa shape index (κ3) is 7.85. The first-order valence-electron chi connectivity index (χ1n) is 14.3. The van der Waals surface area contributed by atoms with Crippen LogP contribution < -0.4 is 10.2 Å². The van der Waals surface area contributed by atoms with Gasteiger partial charge in [0.2, 0.25) is 0 Å². The number of anilines is 1. The summed E-state index contributed by atoms with van der Waals surface area (Å²) in [5, 5.41) is 14.3. The fraction of sp³-hybridized carbons (Fsp3) is 0.414. The zero-order valence-electron chi connectivity index (χ0n) is 24.1. The maximum absolute atomic E-state index is 15.2. The monoisotopic (exact) mass is 609 g/mol. The van der Waals surface area contributed by atoms with Crippen LogP contribution in [0.5, 0.6) is 0 Å². The summed E-state index contributed by atoms with van der Waals surface area (Å²) in [6.07, 6.45) is 4.66. The zero-order valence-corrected chi connectivity index (χ0v) is 24.1.